The number of benzene rings is 3. The number of aliphatic hydroxyl groups is 1. The number of piperazine rings is 1. The van der Waals surface area contributed by atoms with Crippen LogP contribution in [-0.4, -0.2) is 80.9 Å². The van der Waals surface area contributed by atoms with Gasteiger partial charge in [0.05, 0.1) is 10.9 Å². The number of urea groups is 1. The first-order chi connectivity index (χ1) is 19.8. The van der Waals surface area contributed by atoms with Crippen LogP contribution in [0.4, 0.5) is 4.79 Å². The van der Waals surface area contributed by atoms with Crippen molar-refractivity contribution in [2.75, 3.05) is 33.2 Å². The molecule has 1 aliphatic rings. The predicted octanol–water partition coefficient (Wildman–Crippen LogP) is 3.45. The summed E-state index contributed by atoms with van der Waals surface area (Å²) < 4.78 is 25.9. The number of nitrogens with zero attached hydrogens (tertiary/aromatic N) is 2. The van der Waals surface area contributed by atoms with Crippen molar-refractivity contribution in [3.8, 4) is 0 Å². The summed E-state index contributed by atoms with van der Waals surface area (Å²) in [6.45, 7) is 2.81. The molecule has 1 heterocycles. The molecular weight excluding hydrogens is 536 g/mol. The zero-order valence-corrected chi connectivity index (χ0v) is 24.3. The molecule has 4 rings (SSSR count). The van der Waals surface area contributed by atoms with Gasteiger partial charge in [0.1, 0.15) is 6.23 Å². The Morgan fingerprint density at radius 1 is 0.878 bits per heavy atom. The highest BCUT2D eigenvalue weighted by atomic mass is 32.2. The van der Waals surface area contributed by atoms with Crippen molar-refractivity contribution >= 4 is 15.9 Å². The van der Waals surface area contributed by atoms with Crippen LogP contribution in [0.15, 0.2) is 107 Å². The molecule has 218 valence electrons. The Bertz CT molecular complexity index is 1350. The summed E-state index contributed by atoms with van der Waals surface area (Å²) in [5, 5.41) is 18.9. The first-order valence-corrected chi connectivity index (χ1v) is 15.6. The zero-order chi connectivity index (χ0) is 29.1. The van der Waals surface area contributed by atoms with Crippen LogP contribution in [0.5, 0.6) is 0 Å². The van der Waals surface area contributed by atoms with Crippen molar-refractivity contribution < 1.29 is 18.3 Å². The Hall–Kier alpha value is -3.50. The molecule has 0 aromatic heterocycles. The van der Waals surface area contributed by atoms with E-state index in [1.165, 1.54) is 5.41 Å². The molecule has 2 amide bonds. The largest absolute Gasteiger partial charge is 0.376 e. The number of aliphatic hydroxyl groups excluding tert-OH is 1. The molecule has 0 bridgehead atoms. The third-order valence-corrected chi connectivity index (χ3v) is 8.76. The van der Waals surface area contributed by atoms with Gasteiger partial charge in [-0.1, -0.05) is 84.9 Å². The number of carbonyl (C=O) groups is 1. The first kappa shape index (κ1) is 30.5. The minimum Gasteiger partial charge on any atom is -0.376 e. The molecule has 0 saturated carbocycles. The summed E-state index contributed by atoms with van der Waals surface area (Å²) in [7, 11) is -1.63. The molecule has 1 fully saturated rings. The quantitative estimate of drug-likeness (QED) is 0.286. The Kier molecular flexibility index (Phi) is 11.1. The van der Waals surface area contributed by atoms with Crippen LogP contribution >= 0.6 is 0 Å². The normalized spacial score (nSPS) is 16.8. The van der Waals surface area contributed by atoms with Gasteiger partial charge in [-0.15, -0.1) is 0 Å². The van der Waals surface area contributed by atoms with Gasteiger partial charge in [-0.05, 0) is 49.6 Å². The lowest BCUT2D eigenvalue weighted by atomic mass is 10.0. The van der Waals surface area contributed by atoms with E-state index >= 15 is 0 Å². The third kappa shape index (κ3) is 9.54. The van der Waals surface area contributed by atoms with E-state index in [1.54, 1.807) is 41.3 Å². The topological polar surface area (TPSA) is 102 Å². The van der Waals surface area contributed by atoms with Gasteiger partial charge in [-0.3, -0.25) is 5.32 Å². The van der Waals surface area contributed by atoms with Crippen molar-refractivity contribution in [3.05, 3.63) is 114 Å². The molecule has 3 atom stereocenters. The Morgan fingerprint density at radius 2 is 1.44 bits per heavy atom. The first-order valence-electron chi connectivity index (χ1n) is 14.0. The van der Waals surface area contributed by atoms with Crippen LogP contribution in [0.1, 0.15) is 17.5 Å². The van der Waals surface area contributed by atoms with E-state index in [9.17, 15) is 18.3 Å². The molecule has 41 heavy (non-hydrogen) atoms. The van der Waals surface area contributed by atoms with Gasteiger partial charge < -0.3 is 20.2 Å². The van der Waals surface area contributed by atoms with Gasteiger partial charge in [-0.2, -0.15) is 0 Å². The van der Waals surface area contributed by atoms with Crippen LogP contribution in [0, 0.1) is 0 Å². The molecule has 3 N–H and O–H groups in total. The summed E-state index contributed by atoms with van der Waals surface area (Å²) in [6.07, 6.45) is 2.10. The summed E-state index contributed by atoms with van der Waals surface area (Å²) in [4.78, 5) is 17.3. The van der Waals surface area contributed by atoms with E-state index < -0.39 is 28.1 Å². The maximum Gasteiger partial charge on any atom is 0.317 e. The number of hydrogen-bond acceptors (Lipinski definition) is 6. The maximum absolute atomic E-state index is 13.2. The molecule has 0 aliphatic carbocycles. The number of sulfone groups is 1. The van der Waals surface area contributed by atoms with E-state index in [-0.39, 0.29) is 10.9 Å². The van der Waals surface area contributed by atoms with E-state index in [0.717, 1.165) is 24.2 Å². The van der Waals surface area contributed by atoms with Crippen LogP contribution in [-0.2, 0) is 22.7 Å². The molecule has 3 aromatic rings. The van der Waals surface area contributed by atoms with Crippen molar-refractivity contribution in [3.63, 3.8) is 0 Å². The maximum atomic E-state index is 13.2. The molecule has 9 heteroatoms. The molecule has 2 unspecified atom stereocenters. The van der Waals surface area contributed by atoms with Gasteiger partial charge in [0.25, 0.3) is 0 Å². The summed E-state index contributed by atoms with van der Waals surface area (Å²) in [6, 6.07) is 26.6. The van der Waals surface area contributed by atoms with Gasteiger partial charge in [0.2, 0.25) is 0 Å². The lowest BCUT2D eigenvalue weighted by Gasteiger charge is -2.35. The zero-order valence-electron chi connectivity index (χ0n) is 23.5. The van der Waals surface area contributed by atoms with Crippen LogP contribution in [0.25, 0.3) is 0 Å². The fourth-order valence-corrected chi connectivity index (χ4v) is 5.88. The van der Waals surface area contributed by atoms with Crippen LogP contribution < -0.4 is 10.6 Å². The Balaban J connectivity index is 1.52. The number of amides is 2. The second-order valence-electron chi connectivity index (χ2n) is 10.5. The van der Waals surface area contributed by atoms with Crippen molar-refractivity contribution in [1.82, 2.24) is 20.4 Å². The van der Waals surface area contributed by atoms with Crippen molar-refractivity contribution in [1.29, 1.82) is 0 Å². The molecule has 0 radical (unpaired) electrons. The molecule has 0 spiro atoms. The van der Waals surface area contributed by atoms with Crippen LogP contribution in [0.2, 0.25) is 0 Å². The minimum absolute atomic E-state index is 0.208. The second kappa shape index (κ2) is 14.9. The average molecular weight is 577 g/mol. The number of likely N-dealkylation sites (N-methyl/N-ethyl adjacent to an activating group) is 1. The summed E-state index contributed by atoms with van der Waals surface area (Å²) in [5.41, 5.74) is 2.08. The van der Waals surface area contributed by atoms with Crippen molar-refractivity contribution in [2.45, 2.75) is 42.5 Å². The fraction of sp³-hybridized carbons (Fsp3) is 0.344. The highest BCUT2D eigenvalue weighted by Gasteiger charge is 2.27. The van der Waals surface area contributed by atoms with E-state index in [2.05, 4.69) is 15.5 Å². The molecule has 1 aliphatic heterocycles. The van der Waals surface area contributed by atoms with Crippen molar-refractivity contribution in [2.24, 2.45) is 0 Å². The van der Waals surface area contributed by atoms with Gasteiger partial charge >= 0.3 is 6.03 Å². The van der Waals surface area contributed by atoms with E-state index in [1.807, 2.05) is 67.7 Å². The highest BCUT2D eigenvalue weighted by Crippen LogP contribution is 2.15. The SMILES string of the molecule is CN1CCN(C(=O)NC(Cc2ccccc2)C(O)N[C@H](/C=C/S(=O)(=O)c2ccccc2)CCc2ccccc2)CC1. The second-order valence-corrected chi connectivity index (χ2v) is 12.3. The standard InChI is InChI=1S/C32H40N4O4S/c1-35-20-22-36(23-21-35)32(38)34-30(25-27-13-7-3-8-14-27)31(37)33-28(18-17-26-11-5-2-6-12-26)19-24-41(39,40)29-15-9-4-10-16-29/h2-16,19,24,28,30-31,33,37H,17-18,20-23,25H2,1H3,(H,34,38)/b24-19+/t28-,30?,31?/m0/s1. The molecule has 3 aromatic carbocycles. The highest BCUT2D eigenvalue weighted by molar-refractivity contribution is 7.94. The van der Waals surface area contributed by atoms with Gasteiger partial charge in [-0.25, -0.2) is 13.2 Å². The number of nitrogens with one attached hydrogen (secondary N) is 2. The Labute approximate surface area is 243 Å². The fourth-order valence-electron chi connectivity index (χ4n) is 4.79. The molecular formula is C32H40N4O4S. The number of aryl methyl sites for hydroxylation is 1. The average Bonchev–Trinajstić information content (AvgIpc) is 3.00. The number of hydrogen-bond donors (Lipinski definition) is 3. The van der Waals surface area contributed by atoms with Gasteiger partial charge in [0.15, 0.2) is 9.84 Å². The van der Waals surface area contributed by atoms with E-state index in [0.29, 0.717) is 32.4 Å². The molecule has 8 nitrogen and oxygen atoms in total. The summed E-state index contributed by atoms with van der Waals surface area (Å²) >= 11 is 0. The van der Waals surface area contributed by atoms with Gasteiger partial charge in [0, 0.05) is 37.6 Å². The summed E-state index contributed by atoms with van der Waals surface area (Å²) in [5.74, 6) is 0. The molecule has 1 saturated heterocycles. The lowest BCUT2D eigenvalue weighted by Crippen LogP contribution is -2.58. The minimum atomic E-state index is -3.66. The van der Waals surface area contributed by atoms with Crippen LogP contribution in [0.3, 0.4) is 0 Å². The smallest absolute Gasteiger partial charge is 0.317 e. The van der Waals surface area contributed by atoms with E-state index in [4.69, 9.17) is 0 Å². The monoisotopic (exact) mass is 576 g/mol. The Morgan fingerprint density at radius 3 is 2.05 bits per heavy atom. The predicted molar refractivity (Wildman–Crippen MR) is 162 cm³/mol. The number of carbonyl (C=O) groups excluding carboxylic acids is 1. The number of rotatable bonds is 12. The lowest BCUT2D eigenvalue weighted by molar-refractivity contribution is 0.0816. The third-order valence-electron chi connectivity index (χ3n) is 7.31.